The van der Waals surface area contributed by atoms with Crippen LogP contribution in [-0.2, 0) is 13.1 Å². The molecule has 8 heteroatoms. The topological polar surface area (TPSA) is 68.1 Å². The summed E-state index contributed by atoms with van der Waals surface area (Å²) < 4.78 is 0. The highest BCUT2D eigenvalue weighted by Crippen LogP contribution is 2.42. The average molecular weight is 719 g/mol. The highest BCUT2D eigenvalue weighted by atomic mass is 15.5. The molecule has 278 valence electrons. The van der Waals surface area contributed by atoms with Gasteiger partial charge in [-0.1, -0.05) is 116 Å². The molecule has 7 rings (SSSR count). The smallest absolute Gasteiger partial charge is 0.165 e. The third kappa shape index (κ3) is 7.88. The molecule has 0 amide bonds. The van der Waals surface area contributed by atoms with E-state index in [9.17, 15) is 0 Å². The molecule has 2 aromatic heterocycles. The van der Waals surface area contributed by atoms with Gasteiger partial charge in [-0.2, -0.15) is 30.0 Å². The largest absolute Gasteiger partial charge is 0.341 e. The number of hydrogen-bond donors (Lipinski definition) is 0. The molecule has 8 nitrogen and oxygen atoms in total. The number of para-hydroxylation sites is 2. The van der Waals surface area contributed by atoms with Gasteiger partial charge >= 0.3 is 0 Å². The van der Waals surface area contributed by atoms with Gasteiger partial charge in [-0.15, -0.1) is 0 Å². The van der Waals surface area contributed by atoms with Crippen LogP contribution in [0.25, 0.3) is 44.3 Å². The van der Waals surface area contributed by atoms with Crippen LogP contribution in [0.1, 0.15) is 55.4 Å². The molecule has 54 heavy (non-hydrogen) atoms. The van der Waals surface area contributed by atoms with Crippen LogP contribution < -0.4 is 19.7 Å². The van der Waals surface area contributed by atoms with E-state index in [1.54, 1.807) is 0 Å². The van der Waals surface area contributed by atoms with Gasteiger partial charge in [-0.25, -0.2) is 0 Å². The van der Waals surface area contributed by atoms with E-state index in [0.29, 0.717) is 36.8 Å². The number of hydrogen-bond acceptors (Lipinski definition) is 5. The van der Waals surface area contributed by atoms with E-state index in [1.807, 2.05) is 9.59 Å². The Kier molecular flexibility index (Phi) is 10.8. The fraction of sp³-hybridized carbons (Fsp3) is 0.348. The van der Waals surface area contributed by atoms with E-state index in [-0.39, 0.29) is 0 Å². The summed E-state index contributed by atoms with van der Waals surface area (Å²) >= 11 is 0. The van der Waals surface area contributed by atoms with Crippen LogP contribution in [0.4, 0.5) is 22.7 Å². The van der Waals surface area contributed by atoms with Crippen molar-refractivity contribution in [3.8, 4) is 22.3 Å². The molecule has 5 aromatic carbocycles. The van der Waals surface area contributed by atoms with E-state index in [4.69, 9.17) is 20.4 Å². The molecule has 0 unspecified atom stereocenters. The minimum atomic E-state index is 0.384. The minimum absolute atomic E-state index is 0.384. The second-order valence-corrected chi connectivity index (χ2v) is 16.2. The molecule has 0 aliphatic heterocycles. The number of nitrogens with zero attached hydrogens (tertiary/aromatic N) is 8. The Hall–Kier alpha value is -5.50. The lowest BCUT2D eigenvalue weighted by Crippen LogP contribution is -2.42. The van der Waals surface area contributed by atoms with Crippen LogP contribution in [0.15, 0.2) is 109 Å². The first-order valence-electron chi connectivity index (χ1n) is 19.6. The molecular formula is C46H54N8. The van der Waals surface area contributed by atoms with Crippen LogP contribution in [-0.4, -0.2) is 33.2 Å². The van der Waals surface area contributed by atoms with Crippen molar-refractivity contribution >= 4 is 44.8 Å². The van der Waals surface area contributed by atoms with Crippen molar-refractivity contribution in [2.75, 3.05) is 22.9 Å². The first-order valence-corrected chi connectivity index (χ1v) is 19.6. The molecule has 0 N–H and O–H groups in total. The maximum absolute atomic E-state index is 5.21. The molecule has 0 radical (unpaired) electrons. The summed E-state index contributed by atoms with van der Waals surface area (Å²) in [7, 11) is 0. The zero-order chi connectivity index (χ0) is 37.9. The van der Waals surface area contributed by atoms with E-state index in [0.717, 1.165) is 68.8 Å². The second kappa shape index (κ2) is 15.8. The van der Waals surface area contributed by atoms with Gasteiger partial charge in [-0.05, 0) is 77.4 Å². The van der Waals surface area contributed by atoms with Crippen molar-refractivity contribution < 1.29 is 4.80 Å². The Morgan fingerprint density at radius 1 is 0.519 bits per heavy atom. The van der Waals surface area contributed by atoms with E-state index < -0.39 is 0 Å². The molecule has 0 fully saturated rings. The van der Waals surface area contributed by atoms with Gasteiger partial charge in [0.05, 0.1) is 6.54 Å². The molecule has 0 saturated heterocycles. The van der Waals surface area contributed by atoms with Crippen LogP contribution in [0.3, 0.4) is 0 Å². The molecular weight excluding hydrogens is 665 g/mol. The van der Waals surface area contributed by atoms with Crippen molar-refractivity contribution in [3.05, 3.63) is 109 Å². The van der Waals surface area contributed by atoms with Crippen LogP contribution in [0, 0.1) is 23.7 Å². The lowest BCUT2D eigenvalue weighted by molar-refractivity contribution is -0.808. The van der Waals surface area contributed by atoms with Crippen molar-refractivity contribution in [1.29, 1.82) is 0 Å². The van der Waals surface area contributed by atoms with Crippen LogP contribution >= 0.6 is 0 Å². The Balaban J connectivity index is 1.40. The summed E-state index contributed by atoms with van der Waals surface area (Å²) in [5.41, 5.74) is 12.1. The summed E-state index contributed by atoms with van der Waals surface area (Å²) in [5, 5.41) is 20.8. The van der Waals surface area contributed by atoms with Gasteiger partial charge in [0, 0.05) is 63.9 Å². The molecule has 7 aromatic rings. The maximum atomic E-state index is 5.21. The molecule has 0 aliphatic rings. The Labute approximate surface area is 320 Å². The predicted octanol–water partition coefficient (Wildman–Crippen LogP) is 10.5. The maximum Gasteiger partial charge on any atom is 0.165 e. The normalized spacial score (nSPS) is 11.9. The van der Waals surface area contributed by atoms with Crippen molar-refractivity contribution in [2.45, 2.75) is 68.5 Å². The first-order chi connectivity index (χ1) is 26.0. The second-order valence-electron chi connectivity index (χ2n) is 16.2. The van der Waals surface area contributed by atoms with Gasteiger partial charge in [0.25, 0.3) is 0 Å². The van der Waals surface area contributed by atoms with Gasteiger partial charge < -0.3 is 9.80 Å². The molecule has 0 spiro atoms. The Morgan fingerprint density at radius 2 is 0.963 bits per heavy atom. The van der Waals surface area contributed by atoms with Gasteiger partial charge in [0.2, 0.25) is 0 Å². The molecule has 0 atom stereocenters. The summed E-state index contributed by atoms with van der Waals surface area (Å²) in [6.07, 6.45) is 0. The third-order valence-corrected chi connectivity index (χ3v) is 9.48. The van der Waals surface area contributed by atoms with Crippen LogP contribution in [0.5, 0.6) is 0 Å². The monoisotopic (exact) mass is 718 g/mol. The van der Waals surface area contributed by atoms with E-state index in [1.165, 1.54) is 11.4 Å². The number of rotatable bonds is 14. The highest BCUT2D eigenvalue weighted by molar-refractivity contribution is 6.16. The average Bonchev–Trinajstić information content (AvgIpc) is 3.75. The molecule has 0 saturated carbocycles. The lowest BCUT2D eigenvalue weighted by Gasteiger charge is -2.27. The van der Waals surface area contributed by atoms with Gasteiger partial charge in [0.1, 0.15) is 11.0 Å². The third-order valence-electron chi connectivity index (χ3n) is 9.48. The summed E-state index contributed by atoms with van der Waals surface area (Å²) in [6, 6.07) is 39.0. The summed E-state index contributed by atoms with van der Waals surface area (Å²) in [6.45, 7) is 21.1. The minimum Gasteiger partial charge on any atom is -0.341 e. The standard InChI is InChI=1S/C46H54N8/c1-31(2)27-51(37-15-11-9-12-16-37)39-23-19-35(20-24-39)41-43-45(49-53(47-43)29-33(5)6)42(46-44(41)48-54(50-46)30-34(7)8)36-21-25-40(26-22-36)52(28-32(3)4)38-17-13-10-14-18-38/h9-26,31-34H,27-30H2,1-8H3. The zero-order valence-electron chi connectivity index (χ0n) is 33.1. The van der Waals surface area contributed by atoms with E-state index in [2.05, 4.69) is 174 Å². The van der Waals surface area contributed by atoms with Crippen molar-refractivity contribution in [1.82, 2.24) is 25.2 Å². The molecule has 2 heterocycles. The molecule has 0 bridgehead atoms. The zero-order valence-corrected chi connectivity index (χ0v) is 33.1. The van der Waals surface area contributed by atoms with Gasteiger partial charge in [-0.3, -0.25) is 0 Å². The first kappa shape index (κ1) is 36.8. The van der Waals surface area contributed by atoms with Crippen molar-refractivity contribution in [3.63, 3.8) is 0 Å². The Bertz CT molecular complexity index is 2070. The summed E-state index contributed by atoms with van der Waals surface area (Å²) in [4.78, 5) is 8.52. The summed E-state index contributed by atoms with van der Waals surface area (Å²) in [5.74, 6) is 1.76. The van der Waals surface area contributed by atoms with Gasteiger partial charge in [0.15, 0.2) is 6.54 Å². The van der Waals surface area contributed by atoms with E-state index >= 15 is 0 Å². The highest BCUT2D eigenvalue weighted by Gasteiger charge is 2.24. The molecule has 0 aliphatic carbocycles. The Morgan fingerprint density at radius 3 is 1.41 bits per heavy atom. The fourth-order valence-electron chi connectivity index (χ4n) is 7.24. The quantitative estimate of drug-likeness (QED) is 0.104. The lowest BCUT2D eigenvalue weighted by atomic mass is 9.95. The predicted molar refractivity (Wildman–Crippen MR) is 223 cm³/mol. The number of aromatic nitrogens is 6. The SMILES string of the molecule is CC(C)CN(c1ccccc1)c1ccc(-c2c3nn(CC(C)C)nc3c(-c3ccc(N(CC(C)C)c4ccccc4)cc3)c3[n-][n+](CC(C)C)nc23)cc1. The van der Waals surface area contributed by atoms with Crippen LogP contribution in [0.2, 0.25) is 0 Å². The number of fused-ring (bicyclic) bond motifs is 2. The van der Waals surface area contributed by atoms with Crippen molar-refractivity contribution in [2.24, 2.45) is 23.7 Å². The number of anilines is 4. The fourth-order valence-corrected chi connectivity index (χ4v) is 7.24. The number of benzene rings is 5.